The third-order valence-corrected chi connectivity index (χ3v) is 3.88. The van der Waals surface area contributed by atoms with Crippen molar-refractivity contribution in [2.75, 3.05) is 7.05 Å². The van der Waals surface area contributed by atoms with Gasteiger partial charge in [0.1, 0.15) is 0 Å². The summed E-state index contributed by atoms with van der Waals surface area (Å²) in [5.41, 5.74) is 2.39. The second kappa shape index (κ2) is 6.63. The fourth-order valence-electron chi connectivity index (χ4n) is 2.75. The lowest BCUT2D eigenvalue weighted by Gasteiger charge is -2.06. The summed E-state index contributed by atoms with van der Waals surface area (Å²) >= 11 is 0. The predicted octanol–water partition coefficient (Wildman–Crippen LogP) is 2.76. The second-order valence-corrected chi connectivity index (χ2v) is 5.78. The van der Waals surface area contributed by atoms with Gasteiger partial charge in [0.2, 0.25) is 0 Å². The fourth-order valence-corrected chi connectivity index (χ4v) is 2.75. The molecule has 2 rings (SSSR count). The van der Waals surface area contributed by atoms with Crippen LogP contribution >= 0.6 is 0 Å². The fraction of sp³-hybridized carbons (Fsp3) is 0.333. The summed E-state index contributed by atoms with van der Waals surface area (Å²) in [7, 11) is 3.20. The van der Waals surface area contributed by atoms with Gasteiger partial charge in [0.05, 0.1) is 5.69 Å². The lowest BCUT2D eigenvalue weighted by molar-refractivity contribution is -0.141. The number of alkyl halides is 3. The minimum absolute atomic E-state index is 0.440. The number of aryl methyl sites for hydroxylation is 3. The second-order valence-electron chi connectivity index (χ2n) is 5.78. The summed E-state index contributed by atoms with van der Waals surface area (Å²) in [5, 5.41) is 5.42. The molecule has 0 bridgehead atoms. The minimum atomic E-state index is -4.46. The van der Waals surface area contributed by atoms with E-state index in [9.17, 15) is 13.2 Å². The first-order valence-corrected chi connectivity index (χ1v) is 7.47. The van der Waals surface area contributed by atoms with E-state index in [-0.39, 0.29) is 0 Å². The van der Waals surface area contributed by atoms with E-state index in [4.69, 9.17) is 0 Å². The number of aliphatic imine (C=N–C) groups is 1. The van der Waals surface area contributed by atoms with E-state index in [1.54, 1.807) is 13.3 Å². The van der Waals surface area contributed by atoms with E-state index in [0.717, 1.165) is 33.2 Å². The van der Waals surface area contributed by atoms with Crippen LogP contribution in [-0.4, -0.2) is 23.0 Å². The van der Waals surface area contributed by atoms with Gasteiger partial charge in [0, 0.05) is 20.3 Å². The molecule has 0 fully saturated rings. The van der Waals surface area contributed by atoms with Crippen molar-refractivity contribution in [1.29, 1.82) is 0 Å². The highest BCUT2D eigenvalue weighted by molar-refractivity contribution is 5.91. The van der Waals surface area contributed by atoms with Crippen molar-refractivity contribution in [3.63, 3.8) is 0 Å². The van der Waals surface area contributed by atoms with Gasteiger partial charge in [-0.1, -0.05) is 17.7 Å². The number of hydrogen-bond acceptors (Lipinski definition) is 2. The van der Waals surface area contributed by atoms with Gasteiger partial charge in [0.15, 0.2) is 5.69 Å². The predicted molar refractivity (Wildman–Crippen MR) is 90.4 cm³/mol. The molecule has 128 valence electrons. The summed E-state index contributed by atoms with van der Waals surface area (Å²) in [6, 6.07) is 5.10. The van der Waals surface area contributed by atoms with Crippen molar-refractivity contribution in [2.45, 2.75) is 26.9 Å². The number of halogens is 3. The van der Waals surface area contributed by atoms with Crippen LogP contribution in [0.1, 0.15) is 29.4 Å². The van der Waals surface area contributed by atoms with Gasteiger partial charge >= 0.3 is 6.18 Å². The molecule has 0 aliphatic carbocycles. The van der Waals surface area contributed by atoms with E-state index in [1.165, 1.54) is 11.7 Å². The van der Waals surface area contributed by atoms with E-state index < -0.39 is 11.9 Å². The molecule has 0 saturated heterocycles. The molecule has 0 amide bonds. The van der Waals surface area contributed by atoms with Crippen molar-refractivity contribution in [3.8, 4) is 0 Å². The van der Waals surface area contributed by atoms with Crippen LogP contribution in [0, 0.1) is 13.8 Å². The molecule has 0 unspecified atom stereocenters. The van der Waals surface area contributed by atoms with E-state index >= 15 is 0 Å². The van der Waals surface area contributed by atoms with Crippen LogP contribution in [0.5, 0.6) is 0 Å². The Morgan fingerprint density at radius 1 is 1.21 bits per heavy atom. The molecule has 0 radical (unpaired) electrons. The quantitative estimate of drug-likeness (QED) is 0.776. The molecule has 1 aromatic carbocycles. The maximum absolute atomic E-state index is 12.9. The Bertz CT molecular complexity index is 903. The Morgan fingerprint density at radius 2 is 1.88 bits per heavy atom. The molecular formula is C18H20F3N3. The van der Waals surface area contributed by atoms with Crippen LogP contribution in [-0.2, 0) is 13.2 Å². The molecule has 0 atom stereocenters. The maximum atomic E-state index is 12.9. The largest absolute Gasteiger partial charge is 0.435 e. The zero-order chi connectivity index (χ0) is 18.1. The molecule has 6 heteroatoms. The lowest BCUT2D eigenvalue weighted by Crippen LogP contribution is -2.30. The van der Waals surface area contributed by atoms with Crippen LogP contribution in [0.15, 0.2) is 23.2 Å². The van der Waals surface area contributed by atoms with E-state index in [2.05, 4.69) is 10.1 Å². The Balaban J connectivity index is 2.85. The van der Waals surface area contributed by atoms with Gasteiger partial charge in [-0.2, -0.15) is 18.3 Å². The molecule has 0 N–H and O–H groups in total. The SMILES string of the molecule is C/N=C/C=c1/c(C)cc(C)c/c1=C(/C)c1cc(C(F)(F)F)nn1C. The van der Waals surface area contributed by atoms with Crippen LogP contribution in [0.3, 0.4) is 0 Å². The highest BCUT2D eigenvalue weighted by Crippen LogP contribution is 2.29. The van der Waals surface area contributed by atoms with Crippen molar-refractivity contribution in [3.05, 3.63) is 51.2 Å². The summed E-state index contributed by atoms with van der Waals surface area (Å²) in [6.07, 6.45) is -0.907. The number of benzene rings is 1. The number of rotatable bonds is 2. The maximum Gasteiger partial charge on any atom is 0.435 e. The molecular weight excluding hydrogens is 315 g/mol. The summed E-state index contributed by atoms with van der Waals surface area (Å²) in [4.78, 5) is 3.97. The smallest absolute Gasteiger partial charge is 0.296 e. The minimum Gasteiger partial charge on any atom is -0.296 e. The molecule has 3 nitrogen and oxygen atoms in total. The topological polar surface area (TPSA) is 30.2 Å². The van der Waals surface area contributed by atoms with Gasteiger partial charge < -0.3 is 0 Å². The summed E-state index contributed by atoms with van der Waals surface area (Å²) in [5.74, 6) is 0. The van der Waals surface area contributed by atoms with Crippen LogP contribution in [0.4, 0.5) is 13.2 Å². The van der Waals surface area contributed by atoms with E-state index in [0.29, 0.717) is 5.69 Å². The molecule has 2 aromatic rings. The summed E-state index contributed by atoms with van der Waals surface area (Å²) < 4.78 is 40.0. The molecule has 0 aliphatic heterocycles. The highest BCUT2D eigenvalue weighted by Gasteiger charge is 2.34. The van der Waals surface area contributed by atoms with Crippen molar-refractivity contribution in [2.24, 2.45) is 12.0 Å². The van der Waals surface area contributed by atoms with Gasteiger partial charge in [-0.3, -0.25) is 9.67 Å². The van der Waals surface area contributed by atoms with Crippen LogP contribution in [0.2, 0.25) is 0 Å². The Kier molecular flexibility index (Phi) is 4.96. The highest BCUT2D eigenvalue weighted by atomic mass is 19.4. The Labute approximate surface area is 138 Å². The first kappa shape index (κ1) is 18.0. The van der Waals surface area contributed by atoms with Crippen molar-refractivity contribution < 1.29 is 13.2 Å². The molecule has 1 aromatic heterocycles. The van der Waals surface area contributed by atoms with Crippen LogP contribution in [0.25, 0.3) is 11.6 Å². The molecule has 0 saturated carbocycles. The van der Waals surface area contributed by atoms with Crippen molar-refractivity contribution >= 4 is 17.9 Å². The third kappa shape index (κ3) is 3.58. The zero-order valence-electron chi connectivity index (χ0n) is 14.4. The Hall–Kier alpha value is -2.37. The molecule has 24 heavy (non-hydrogen) atoms. The standard InChI is InChI=1S/C18H20F3N3/c1-11-8-12(2)14(6-7-22-4)15(9-11)13(3)16-10-17(18(19,20)21)23-24(16)5/h6-10H,1-5H3/b14-6-,15-13+,22-7+. The number of hydrogen-bond donors (Lipinski definition) is 0. The third-order valence-electron chi connectivity index (χ3n) is 3.88. The number of nitrogens with zero attached hydrogens (tertiary/aromatic N) is 3. The Morgan fingerprint density at radius 3 is 2.42 bits per heavy atom. The first-order valence-electron chi connectivity index (χ1n) is 7.47. The first-order chi connectivity index (χ1) is 11.1. The zero-order valence-corrected chi connectivity index (χ0v) is 14.4. The van der Waals surface area contributed by atoms with Gasteiger partial charge in [-0.25, -0.2) is 0 Å². The summed E-state index contributed by atoms with van der Waals surface area (Å²) in [6.45, 7) is 5.75. The molecule has 0 aliphatic rings. The molecule has 0 spiro atoms. The van der Waals surface area contributed by atoms with Crippen molar-refractivity contribution in [1.82, 2.24) is 9.78 Å². The average molecular weight is 335 g/mol. The monoisotopic (exact) mass is 335 g/mol. The van der Waals surface area contributed by atoms with Gasteiger partial charge in [-0.05, 0) is 54.5 Å². The average Bonchev–Trinajstić information content (AvgIpc) is 2.87. The van der Waals surface area contributed by atoms with Crippen LogP contribution < -0.4 is 10.4 Å². The number of aromatic nitrogens is 2. The van der Waals surface area contributed by atoms with E-state index in [1.807, 2.05) is 39.0 Å². The lowest BCUT2D eigenvalue weighted by atomic mass is 10.0. The molecule has 1 heterocycles. The normalized spacial score (nSPS) is 14.6. The van der Waals surface area contributed by atoms with Gasteiger partial charge in [0.25, 0.3) is 0 Å². The van der Waals surface area contributed by atoms with Gasteiger partial charge in [-0.15, -0.1) is 0 Å².